The van der Waals surface area contributed by atoms with Gasteiger partial charge in [0, 0.05) is 12.1 Å². The number of hydrogen-bond donors (Lipinski definition) is 0. The van der Waals surface area contributed by atoms with Gasteiger partial charge in [-0.3, -0.25) is 19.5 Å². The summed E-state index contributed by atoms with van der Waals surface area (Å²) in [5.41, 5.74) is 1.03. The van der Waals surface area contributed by atoms with Gasteiger partial charge in [0.25, 0.3) is 11.2 Å². The Balaban J connectivity index is 1.95. The molecule has 0 saturated heterocycles. The average molecular weight is 453 g/mol. The maximum atomic E-state index is 13.5. The van der Waals surface area contributed by atoms with Crippen LogP contribution >= 0.6 is 11.3 Å². The number of nitro groups is 1. The third kappa shape index (κ3) is 3.76. The van der Waals surface area contributed by atoms with Crippen molar-refractivity contribution in [2.75, 3.05) is 7.11 Å². The molecule has 32 heavy (non-hydrogen) atoms. The molecule has 0 N–H and O–H groups in total. The minimum atomic E-state index is -0.855. The largest absolute Gasteiger partial charge is 0.466 e. The summed E-state index contributed by atoms with van der Waals surface area (Å²) in [7, 11) is 1.23. The number of non-ortho nitro benzene ring substituents is 1. The van der Waals surface area contributed by atoms with Gasteiger partial charge in [-0.25, -0.2) is 14.2 Å². The molecular weight excluding hydrogens is 437 g/mol. The van der Waals surface area contributed by atoms with Crippen LogP contribution < -0.4 is 14.9 Å². The van der Waals surface area contributed by atoms with Crippen LogP contribution in [0, 0.1) is 15.9 Å². The van der Waals surface area contributed by atoms with Crippen LogP contribution in [0.5, 0.6) is 0 Å². The quantitative estimate of drug-likeness (QED) is 0.343. The number of hydrogen-bond acceptors (Lipinski definition) is 7. The van der Waals surface area contributed by atoms with Gasteiger partial charge in [0.1, 0.15) is 5.82 Å². The molecule has 4 rings (SSSR count). The number of fused-ring (bicyclic) bond motifs is 1. The van der Waals surface area contributed by atoms with E-state index >= 15 is 0 Å². The molecule has 1 aliphatic heterocycles. The van der Waals surface area contributed by atoms with Gasteiger partial charge in [0.15, 0.2) is 4.80 Å². The van der Waals surface area contributed by atoms with Gasteiger partial charge in [0.2, 0.25) is 0 Å². The molecule has 0 bridgehead atoms. The summed E-state index contributed by atoms with van der Waals surface area (Å²) in [5.74, 6) is -1.10. The van der Waals surface area contributed by atoms with E-state index in [1.807, 2.05) is 0 Å². The lowest BCUT2D eigenvalue weighted by molar-refractivity contribution is -0.384. The van der Waals surface area contributed by atoms with Crippen molar-refractivity contribution in [3.05, 3.63) is 107 Å². The van der Waals surface area contributed by atoms with Crippen LogP contribution in [0.15, 0.2) is 69.6 Å². The van der Waals surface area contributed by atoms with E-state index in [4.69, 9.17) is 4.74 Å². The van der Waals surface area contributed by atoms with Crippen LogP contribution in [0.4, 0.5) is 10.1 Å². The van der Waals surface area contributed by atoms with E-state index in [0.29, 0.717) is 21.6 Å². The molecule has 0 aliphatic carbocycles. The summed E-state index contributed by atoms with van der Waals surface area (Å²) in [6.45, 7) is 1.64. The van der Waals surface area contributed by atoms with Crippen LogP contribution in [0.25, 0.3) is 6.08 Å². The molecule has 1 aromatic heterocycles. The predicted molar refractivity (Wildman–Crippen MR) is 115 cm³/mol. The molecule has 1 aliphatic rings. The Kier molecular flexibility index (Phi) is 5.54. The first-order valence-corrected chi connectivity index (χ1v) is 10.2. The van der Waals surface area contributed by atoms with Gasteiger partial charge >= 0.3 is 5.97 Å². The van der Waals surface area contributed by atoms with E-state index in [1.54, 1.807) is 13.0 Å². The Bertz CT molecular complexity index is 1450. The van der Waals surface area contributed by atoms with Crippen LogP contribution in [0.3, 0.4) is 0 Å². The van der Waals surface area contributed by atoms with Crippen LogP contribution in [-0.4, -0.2) is 22.6 Å². The SMILES string of the molecule is COC(=O)C1=C(C)N=c2s/c(=C/c3cccc([N+](=O)[O-])c3)c(=O)n2[C@H]1c1ccc(F)cc1. The van der Waals surface area contributed by atoms with E-state index in [2.05, 4.69) is 4.99 Å². The number of thiazole rings is 1. The van der Waals surface area contributed by atoms with Crippen molar-refractivity contribution in [3.63, 3.8) is 0 Å². The van der Waals surface area contributed by atoms with E-state index in [1.165, 1.54) is 60.2 Å². The highest BCUT2D eigenvalue weighted by molar-refractivity contribution is 7.07. The van der Waals surface area contributed by atoms with Crippen LogP contribution in [-0.2, 0) is 9.53 Å². The zero-order valence-corrected chi connectivity index (χ0v) is 17.8. The number of methoxy groups -OCH3 is 1. The lowest BCUT2D eigenvalue weighted by Gasteiger charge is -2.24. The topological polar surface area (TPSA) is 104 Å². The van der Waals surface area contributed by atoms with E-state index in [-0.39, 0.29) is 15.8 Å². The molecule has 2 heterocycles. The Labute approximate surface area is 184 Å². The number of nitro benzene ring substituents is 1. The standard InChI is InChI=1S/C22H16FN3O5S/c1-12-18(21(28)31-2)19(14-6-8-15(23)9-7-14)25-20(27)17(32-22(25)24-12)11-13-4-3-5-16(10-13)26(29)30/h3-11,19H,1-2H3/b17-11+/t19-/m0/s1. The van der Waals surface area contributed by atoms with Crippen molar-refractivity contribution < 1.29 is 18.8 Å². The summed E-state index contributed by atoms with van der Waals surface area (Å²) in [5, 5.41) is 11.1. The van der Waals surface area contributed by atoms with Gasteiger partial charge in [-0.15, -0.1) is 0 Å². The first-order valence-electron chi connectivity index (χ1n) is 9.41. The summed E-state index contributed by atoms with van der Waals surface area (Å²) < 4.78 is 20.1. The summed E-state index contributed by atoms with van der Waals surface area (Å²) in [4.78, 5) is 41.2. The Morgan fingerprint density at radius 2 is 2.00 bits per heavy atom. The monoisotopic (exact) mass is 453 g/mol. The highest BCUT2D eigenvalue weighted by atomic mass is 32.1. The number of carbonyl (C=O) groups excluding carboxylic acids is 1. The van der Waals surface area contributed by atoms with Gasteiger partial charge < -0.3 is 4.74 Å². The number of ether oxygens (including phenoxy) is 1. The van der Waals surface area contributed by atoms with E-state index in [9.17, 15) is 24.1 Å². The van der Waals surface area contributed by atoms with Crippen molar-refractivity contribution in [1.29, 1.82) is 0 Å². The molecule has 10 heteroatoms. The molecule has 0 radical (unpaired) electrons. The summed E-state index contributed by atoms with van der Waals surface area (Å²) in [6, 6.07) is 10.5. The average Bonchev–Trinajstić information content (AvgIpc) is 3.07. The lowest BCUT2D eigenvalue weighted by Crippen LogP contribution is -2.39. The number of benzene rings is 2. The third-order valence-corrected chi connectivity index (χ3v) is 5.97. The van der Waals surface area contributed by atoms with Gasteiger partial charge in [-0.1, -0.05) is 35.6 Å². The number of carbonyl (C=O) groups is 1. The number of esters is 1. The minimum Gasteiger partial charge on any atom is -0.466 e. The molecular formula is C22H16FN3O5S. The number of allylic oxidation sites excluding steroid dienone is 1. The van der Waals surface area contributed by atoms with Gasteiger partial charge in [0.05, 0.1) is 33.9 Å². The number of nitrogens with zero attached hydrogens (tertiary/aromatic N) is 3. The zero-order chi connectivity index (χ0) is 23.0. The van der Waals surface area contributed by atoms with Crippen LogP contribution in [0.1, 0.15) is 24.1 Å². The summed E-state index contributed by atoms with van der Waals surface area (Å²) in [6.07, 6.45) is 1.54. The molecule has 0 amide bonds. The number of halogens is 1. The highest BCUT2D eigenvalue weighted by Gasteiger charge is 2.33. The fourth-order valence-corrected chi connectivity index (χ4v) is 4.58. The first-order chi connectivity index (χ1) is 15.3. The molecule has 2 aromatic carbocycles. The maximum Gasteiger partial charge on any atom is 0.338 e. The smallest absolute Gasteiger partial charge is 0.338 e. The lowest BCUT2D eigenvalue weighted by atomic mass is 9.96. The molecule has 0 fully saturated rings. The van der Waals surface area contributed by atoms with Gasteiger partial charge in [-0.05, 0) is 36.3 Å². The minimum absolute atomic E-state index is 0.0977. The van der Waals surface area contributed by atoms with Crippen molar-refractivity contribution in [3.8, 4) is 0 Å². The fourth-order valence-electron chi connectivity index (χ4n) is 3.53. The van der Waals surface area contributed by atoms with Crippen molar-refractivity contribution >= 4 is 29.1 Å². The Morgan fingerprint density at radius 1 is 1.28 bits per heavy atom. The van der Waals surface area contributed by atoms with Crippen LogP contribution in [0.2, 0.25) is 0 Å². The van der Waals surface area contributed by atoms with Gasteiger partial charge in [-0.2, -0.15) is 0 Å². The van der Waals surface area contributed by atoms with Crippen molar-refractivity contribution in [2.24, 2.45) is 4.99 Å². The second-order valence-electron chi connectivity index (χ2n) is 6.98. The second kappa shape index (κ2) is 8.31. The Hall–Kier alpha value is -3.92. The molecule has 162 valence electrons. The van der Waals surface area contributed by atoms with Crippen molar-refractivity contribution in [1.82, 2.24) is 4.57 Å². The summed E-state index contributed by atoms with van der Waals surface area (Å²) >= 11 is 1.10. The molecule has 3 aromatic rings. The van der Waals surface area contributed by atoms with E-state index in [0.717, 1.165) is 11.3 Å². The number of aromatic nitrogens is 1. The normalized spacial score (nSPS) is 15.8. The molecule has 0 spiro atoms. The highest BCUT2D eigenvalue weighted by Crippen LogP contribution is 2.30. The fraction of sp³-hybridized carbons (Fsp3) is 0.136. The maximum absolute atomic E-state index is 13.5. The molecule has 0 saturated carbocycles. The van der Waals surface area contributed by atoms with Crippen molar-refractivity contribution in [2.45, 2.75) is 13.0 Å². The Morgan fingerprint density at radius 3 is 2.66 bits per heavy atom. The predicted octanol–water partition coefficient (Wildman–Crippen LogP) is 2.46. The van der Waals surface area contributed by atoms with E-state index < -0.39 is 28.3 Å². The molecule has 1 atom stereocenters. The molecule has 8 nitrogen and oxygen atoms in total. The molecule has 0 unspecified atom stereocenters. The first kappa shape index (κ1) is 21.3. The zero-order valence-electron chi connectivity index (χ0n) is 16.9. The second-order valence-corrected chi connectivity index (χ2v) is 7.99. The number of rotatable bonds is 4. The third-order valence-electron chi connectivity index (χ3n) is 4.99.